The van der Waals surface area contributed by atoms with Crippen molar-refractivity contribution in [3.05, 3.63) is 71.3 Å². The molecule has 0 aromatic heterocycles. The van der Waals surface area contributed by atoms with Gasteiger partial charge in [0.2, 0.25) is 0 Å². The maximum Gasteiger partial charge on any atom is 0.172 e. The molecular formula is C17H16BrNO. The molecule has 1 aliphatic heterocycles. The molecule has 0 saturated carbocycles. The van der Waals surface area contributed by atoms with Gasteiger partial charge in [-0.25, -0.2) is 0 Å². The van der Waals surface area contributed by atoms with Crippen LogP contribution in [0.15, 0.2) is 54.6 Å². The number of hydrogen-bond acceptors (Lipinski definition) is 2. The van der Waals surface area contributed by atoms with Crippen LogP contribution < -0.4 is 5.32 Å². The number of hydrogen-bond donors (Lipinski definition) is 1. The van der Waals surface area contributed by atoms with Gasteiger partial charge >= 0.3 is 0 Å². The lowest BCUT2D eigenvalue weighted by molar-refractivity contribution is -0.120. The number of Topliss-reactive ketones (excluding diaryl/α,β-unsaturated/α-hetero) is 1. The van der Waals surface area contributed by atoms with Crippen LogP contribution >= 0.6 is 15.9 Å². The number of carbonyl (C=O) groups is 1. The van der Waals surface area contributed by atoms with E-state index in [1.54, 1.807) is 0 Å². The Morgan fingerprint density at radius 2 is 1.80 bits per heavy atom. The van der Waals surface area contributed by atoms with Crippen molar-refractivity contribution >= 4 is 21.7 Å². The van der Waals surface area contributed by atoms with Gasteiger partial charge in [-0.05, 0) is 23.1 Å². The maximum absolute atomic E-state index is 12.8. The number of halogens is 1. The smallest absolute Gasteiger partial charge is 0.172 e. The van der Waals surface area contributed by atoms with Crippen LogP contribution in [0.25, 0.3) is 0 Å². The second-order valence-electron chi connectivity index (χ2n) is 5.01. The molecule has 3 rings (SSSR count). The lowest BCUT2D eigenvalue weighted by Gasteiger charge is -2.27. The fourth-order valence-electron chi connectivity index (χ4n) is 2.69. The van der Waals surface area contributed by atoms with Crippen LogP contribution in [0.3, 0.4) is 0 Å². The van der Waals surface area contributed by atoms with E-state index in [4.69, 9.17) is 0 Å². The molecule has 0 spiro atoms. The third-order valence-electron chi connectivity index (χ3n) is 3.74. The monoisotopic (exact) mass is 329 g/mol. The molecule has 0 bridgehead atoms. The SMILES string of the molecule is O=C(C(Br)c1ccccc1)C1NCCc2ccccc21. The summed E-state index contributed by atoms with van der Waals surface area (Å²) in [7, 11) is 0. The van der Waals surface area contributed by atoms with E-state index in [0.717, 1.165) is 24.1 Å². The summed E-state index contributed by atoms with van der Waals surface area (Å²) in [5.74, 6) is 0.170. The van der Waals surface area contributed by atoms with Crippen LogP contribution in [-0.4, -0.2) is 12.3 Å². The van der Waals surface area contributed by atoms with Crippen LogP contribution in [0.2, 0.25) is 0 Å². The fourth-order valence-corrected chi connectivity index (χ4v) is 3.26. The molecule has 2 atom stereocenters. The zero-order valence-electron chi connectivity index (χ0n) is 11.1. The van der Waals surface area contributed by atoms with E-state index in [0.29, 0.717) is 0 Å². The number of alkyl halides is 1. The molecule has 1 aliphatic rings. The number of ketones is 1. The highest BCUT2D eigenvalue weighted by molar-refractivity contribution is 9.09. The van der Waals surface area contributed by atoms with Gasteiger partial charge < -0.3 is 5.32 Å². The molecule has 0 amide bonds. The Hall–Kier alpha value is -1.45. The average molecular weight is 330 g/mol. The normalized spacial score (nSPS) is 19.1. The number of nitrogens with one attached hydrogen (secondary N) is 1. The summed E-state index contributed by atoms with van der Waals surface area (Å²) in [6.07, 6.45) is 0.984. The minimum atomic E-state index is -0.271. The second-order valence-corrected chi connectivity index (χ2v) is 5.93. The maximum atomic E-state index is 12.8. The van der Waals surface area contributed by atoms with Crippen molar-refractivity contribution < 1.29 is 4.79 Å². The van der Waals surface area contributed by atoms with Crippen molar-refractivity contribution in [1.29, 1.82) is 0 Å². The van der Waals surface area contributed by atoms with Gasteiger partial charge in [0.1, 0.15) is 0 Å². The van der Waals surface area contributed by atoms with Crippen molar-refractivity contribution in [1.82, 2.24) is 5.32 Å². The fraction of sp³-hybridized carbons (Fsp3) is 0.235. The Balaban J connectivity index is 1.89. The van der Waals surface area contributed by atoms with Gasteiger partial charge in [-0.1, -0.05) is 70.5 Å². The van der Waals surface area contributed by atoms with Crippen LogP contribution in [0.4, 0.5) is 0 Å². The van der Waals surface area contributed by atoms with E-state index in [9.17, 15) is 4.79 Å². The highest BCUT2D eigenvalue weighted by atomic mass is 79.9. The van der Waals surface area contributed by atoms with Gasteiger partial charge in [-0.2, -0.15) is 0 Å². The van der Waals surface area contributed by atoms with Crippen LogP contribution in [-0.2, 0) is 11.2 Å². The molecule has 1 heterocycles. The van der Waals surface area contributed by atoms with Gasteiger partial charge in [-0.15, -0.1) is 0 Å². The Morgan fingerprint density at radius 1 is 1.10 bits per heavy atom. The molecule has 0 radical (unpaired) electrons. The van der Waals surface area contributed by atoms with Crippen molar-refractivity contribution in [2.45, 2.75) is 17.3 Å². The molecule has 102 valence electrons. The summed E-state index contributed by atoms with van der Waals surface area (Å²) < 4.78 is 0. The van der Waals surface area contributed by atoms with Crippen molar-refractivity contribution in [3.8, 4) is 0 Å². The average Bonchev–Trinajstić information content (AvgIpc) is 2.54. The predicted octanol–water partition coefficient (Wildman–Crippen LogP) is 3.58. The number of benzene rings is 2. The first-order valence-corrected chi connectivity index (χ1v) is 7.73. The lowest BCUT2D eigenvalue weighted by atomic mass is 9.90. The largest absolute Gasteiger partial charge is 0.303 e. The van der Waals surface area contributed by atoms with E-state index in [2.05, 4.69) is 33.4 Å². The van der Waals surface area contributed by atoms with Gasteiger partial charge in [-0.3, -0.25) is 4.79 Å². The van der Waals surface area contributed by atoms with Crippen LogP contribution in [0.1, 0.15) is 27.6 Å². The topological polar surface area (TPSA) is 29.1 Å². The van der Waals surface area contributed by atoms with Gasteiger partial charge in [0.15, 0.2) is 5.78 Å². The minimum Gasteiger partial charge on any atom is -0.303 e. The van der Waals surface area contributed by atoms with Gasteiger partial charge in [0.25, 0.3) is 0 Å². The summed E-state index contributed by atoms with van der Waals surface area (Å²) in [5.41, 5.74) is 3.39. The van der Waals surface area contributed by atoms with Crippen molar-refractivity contribution in [3.63, 3.8) is 0 Å². The zero-order chi connectivity index (χ0) is 13.9. The molecule has 2 aromatic rings. The molecule has 1 N–H and O–H groups in total. The highest BCUT2D eigenvalue weighted by Crippen LogP contribution is 2.32. The Kier molecular flexibility index (Phi) is 3.99. The first kappa shape index (κ1) is 13.5. The summed E-state index contributed by atoms with van der Waals surface area (Å²) in [6, 6.07) is 17.8. The zero-order valence-corrected chi connectivity index (χ0v) is 12.6. The molecule has 0 saturated heterocycles. The third kappa shape index (κ3) is 2.56. The molecule has 2 nitrogen and oxygen atoms in total. The first-order valence-electron chi connectivity index (χ1n) is 6.81. The van der Waals surface area contributed by atoms with E-state index >= 15 is 0 Å². The molecule has 20 heavy (non-hydrogen) atoms. The van der Waals surface area contributed by atoms with Crippen LogP contribution in [0.5, 0.6) is 0 Å². The second kappa shape index (κ2) is 5.90. The highest BCUT2D eigenvalue weighted by Gasteiger charge is 2.30. The number of carbonyl (C=O) groups excluding carboxylic acids is 1. The predicted molar refractivity (Wildman–Crippen MR) is 84.0 cm³/mol. The molecule has 2 unspecified atom stereocenters. The van der Waals surface area contributed by atoms with Crippen molar-refractivity contribution in [2.75, 3.05) is 6.54 Å². The van der Waals surface area contributed by atoms with E-state index in [1.807, 2.05) is 42.5 Å². The standard InChI is InChI=1S/C17H16BrNO/c18-15(13-7-2-1-3-8-13)17(20)16-14-9-5-4-6-12(14)10-11-19-16/h1-9,15-16,19H,10-11H2. The van der Waals surface area contributed by atoms with E-state index < -0.39 is 0 Å². The Labute approximate surface area is 127 Å². The molecule has 0 fully saturated rings. The summed E-state index contributed by atoms with van der Waals surface area (Å²) in [5, 5.41) is 3.35. The molecule has 0 aliphatic carbocycles. The quantitative estimate of drug-likeness (QED) is 0.872. The Bertz CT molecular complexity index is 611. The number of fused-ring (bicyclic) bond motifs is 1. The summed E-state index contributed by atoms with van der Waals surface area (Å²) >= 11 is 3.55. The minimum absolute atomic E-state index is 0.170. The summed E-state index contributed by atoms with van der Waals surface area (Å²) in [6.45, 7) is 0.849. The molecular weight excluding hydrogens is 314 g/mol. The van der Waals surface area contributed by atoms with Crippen LogP contribution in [0, 0.1) is 0 Å². The molecule has 3 heteroatoms. The third-order valence-corrected chi connectivity index (χ3v) is 4.72. The van der Waals surface area contributed by atoms with Gasteiger partial charge in [0.05, 0.1) is 10.9 Å². The van der Waals surface area contributed by atoms with Gasteiger partial charge in [0, 0.05) is 6.54 Å². The number of rotatable bonds is 3. The summed E-state index contributed by atoms with van der Waals surface area (Å²) in [4.78, 5) is 12.5. The van der Waals surface area contributed by atoms with E-state index in [-0.39, 0.29) is 16.7 Å². The van der Waals surface area contributed by atoms with E-state index in [1.165, 1.54) is 5.56 Å². The molecule has 2 aromatic carbocycles. The lowest BCUT2D eigenvalue weighted by Crippen LogP contribution is -2.36. The Morgan fingerprint density at radius 3 is 2.60 bits per heavy atom. The van der Waals surface area contributed by atoms with Crippen molar-refractivity contribution in [2.24, 2.45) is 0 Å². The first-order chi connectivity index (χ1) is 9.77.